The van der Waals surface area contributed by atoms with Gasteiger partial charge in [-0.3, -0.25) is 8.96 Å². The molecular weight excluding hydrogens is 163 g/mol. The molecule has 0 aromatic carbocycles. The minimum absolute atomic E-state index is 2.00. The minimum Gasteiger partial charge on any atom is -0.256 e. The first kappa shape index (κ1) is 8.10. The van der Waals surface area contributed by atoms with Gasteiger partial charge in [-0.2, -0.15) is 0 Å². The van der Waals surface area contributed by atoms with Crippen LogP contribution in [0.5, 0.6) is 0 Å². The Balaban J connectivity index is 2.14. The van der Waals surface area contributed by atoms with Crippen molar-refractivity contribution < 1.29 is 8.96 Å². The lowest BCUT2D eigenvalue weighted by Crippen LogP contribution is -2.57. The third-order valence-electron chi connectivity index (χ3n) is 1.85. The summed E-state index contributed by atoms with van der Waals surface area (Å²) in [4.78, 5) is 0. The Morgan fingerprint density at radius 1 is 0.923 bits per heavy atom. The van der Waals surface area contributed by atoms with Crippen LogP contribution in [0.15, 0.2) is 37.4 Å². The van der Waals surface area contributed by atoms with Gasteiger partial charge < -0.3 is 0 Å². The molecule has 2 heterocycles. The van der Waals surface area contributed by atoms with Crippen LogP contribution in [-0.4, -0.2) is 16.7 Å². The quantitative estimate of drug-likeness (QED) is 0.514. The van der Waals surface area contributed by atoms with Gasteiger partial charge in [0.25, 0.3) is 0 Å². The molecule has 1 radical (unpaired) electrons. The molecule has 2 rings (SSSR count). The number of rotatable bonds is 2. The first-order valence-electron chi connectivity index (χ1n) is 4.14. The highest BCUT2D eigenvalue weighted by Gasteiger charge is 2.13. The van der Waals surface area contributed by atoms with Crippen LogP contribution in [0.3, 0.4) is 0 Å². The molecule has 0 saturated heterocycles. The van der Waals surface area contributed by atoms with Gasteiger partial charge in [0, 0.05) is 0 Å². The first-order chi connectivity index (χ1) is 6.24. The summed E-state index contributed by atoms with van der Waals surface area (Å²) >= 11 is 0. The molecule has 65 valence electrons. The molecule has 13 heavy (non-hydrogen) atoms. The number of nitrogens with zero attached hydrogens (tertiary/aromatic N) is 4. The Hall–Kier alpha value is -1.52. The topological polar surface area (TPSA) is 17.6 Å². The van der Waals surface area contributed by atoms with Gasteiger partial charge in [0.2, 0.25) is 12.7 Å². The van der Waals surface area contributed by atoms with Crippen LogP contribution in [0.1, 0.15) is 0 Å². The maximum atomic E-state index is 2.00. The van der Waals surface area contributed by atoms with Crippen molar-refractivity contribution in [1.29, 1.82) is 0 Å². The van der Waals surface area contributed by atoms with Crippen LogP contribution >= 0.6 is 0 Å². The van der Waals surface area contributed by atoms with Gasteiger partial charge >= 0.3 is 7.55 Å². The van der Waals surface area contributed by atoms with E-state index in [1.165, 1.54) is 0 Å². The second kappa shape index (κ2) is 3.09. The number of imidazole rings is 2. The van der Waals surface area contributed by atoms with Crippen molar-refractivity contribution in [2.24, 2.45) is 14.1 Å². The fourth-order valence-electron chi connectivity index (χ4n) is 1.23. The highest BCUT2D eigenvalue weighted by Crippen LogP contribution is 1.75. The van der Waals surface area contributed by atoms with Crippen molar-refractivity contribution >= 4 is 7.55 Å². The Morgan fingerprint density at radius 2 is 1.38 bits per heavy atom. The lowest BCUT2D eigenvalue weighted by molar-refractivity contribution is -0.659. The Bertz CT molecular complexity index is 365. The maximum absolute atomic E-state index is 2.00. The number of hydrogen-bond donors (Lipinski definition) is 0. The molecule has 0 N–H and O–H groups in total. The van der Waals surface area contributed by atoms with Crippen LogP contribution in [0.25, 0.3) is 0 Å². The van der Waals surface area contributed by atoms with E-state index in [4.69, 9.17) is 0 Å². The zero-order valence-electron chi connectivity index (χ0n) is 7.83. The van der Waals surface area contributed by atoms with Gasteiger partial charge in [-0.1, -0.05) is 0 Å². The average Bonchev–Trinajstić information content (AvgIpc) is 2.62. The van der Waals surface area contributed by atoms with E-state index >= 15 is 0 Å². The second-order valence-electron chi connectivity index (χ2n) is 3.17. The van der Waals surface area contributed by atoms with Gasteiger partial charge in [-0.05, 0) is 0 Å². The van der Waals surface area contributed by atoms with Crippen molar-refractivity contribution in [1.82, 2.24) is 9.13 Å². The van der Waals surface area contributed by atoms with Crippen LogP contribution < -0.4 is 8.96 Å². The van der Waals surface area contributed by atoms with Crippen molar-refractivity contribution in [3.05, 3.63) is 37.4 Å². The zero-order chi connectivity index (χ0) is 9.26. The predicted octanol–water partition coefficient (Wildman–Crippen LogP) is -1.13. The number of aromatic nitrogens is 4. The van der Waals surface area contributed by atoms with Gasteiger partial charge in [0.15, 0.2) is 0 Å². The number of hydrogen-bond acceptors (Lipinski definition) is 0. The Morgan fingerprint density at radius 3 is 1.69 bits per heavy atom. The average molecular weight is 175 g/mol. The molecule has 0 unspecified atom stereocenters. The molecule has 0 aliphatic heterocycles. The fourth-order valence-corrected chi connectivity index (χ4v) is 1.23. The second-order valence-corrected chi connectivity index (χ2v) is 3.17. The van der Waals surface area contributed by atoms with E-state index in [1.54, 1.807) is 0 Å². The fraction of sp³-hybridized carbons (Fsp3) is 0.250. The summed E-state index contributed by atoms with van der Waals surface area (Å²) in [6, 6.07) is 0. The van der Waals surface area contributed by atoms with Crippen LogP contribution in [0.4, 0.5) is 0 Å². The predicted molar refractivity (Wildman–Crippen MR) is 47.8 cm³/mol. The molecule has 0 atom stereocenters. The summed E-state index contributed by atoms with van der Waals surface area (Å²) in [6.07, 6.45) is 12.0. The molecule has 2 aromatic heterocycles. The molecule has 5 heteroatoms. The van der Waals surface area contributed by atoms with E-state index in [-0.39, 0.29) is 0 Å². The largest absolute Gasteiger partial charge is 0.699 e. The van der Waals surface area contributed by atoms with E-state index in [1.807, 2.05) is 77.2 Å². The van der Waals surface area contributed by atoms with Crippen LogP contribution in [0.2, 0.25) is 0 Å². The van der Waals surface area contributed by atoms with Crippen molar-refractivity contribution in [3.8, 4) is 0 Å². The SMILES string of the molecule is Cn1cc[n+]([B][n+]2ccn(C)c2)c1. The molecule has 0 bridgehead atoms. The molecule has 0 spiro atoms. The van der Waals surface area contributed by atoms with Gasteiger partial charge in [-0.25, -0.2) is 9.13 Å². The lowest BCUT2D eigenvalue weighted by atomic mass is 10.2. The van der Waals surface area contributed by atoms with Gasteiger partial charge in [0.05, 0.1) is 14.1 Å². The van der Waals surface area contributed by atoms with Crippen LogP contribution in [-0.2, 0) is 14.1 Å². The van der Waals surface area contributed by atoms with Crippen LogP contribution in [0, 0.1) is 0 Å². The van der Waals surface area contributed by atoms with Crippen molar-refractivity contribution in [2.75, 3.05) is 0 Å². The van der Waals surface area contributed by atoms with Crippen molar-refractivity contribution in [3.63, 3.8) is 0 Å². The van der Waals surface area contributed by atoms with E-state index < -0.39 is 0 Å². The molecule has 0 amide bonds. The van der Waals surface area contributed by atoms with E-state index in [0.29, 0.717) is 0 Å². The van der Waals surface area contributed by atoms with E-state index in [9.17, 15) is 0 Å². The molecule has 0 aliphatic carbocycles. The third-order valence-corrected chi connectivity index (χ3v) is 1.85. The standard InChI is InChI=1S/C8H12BN4/c1-10-3-5-12(7-10)9-13-6-4-11(2)8-13/h3-8H,1-2H3/q+2. The highest BCUT2D eigenvalue weighted by molar-refractivity contribution is 6.11. The highest BCUT2D eigenvalue weighted by atomic mass is 15.1. The third kappa shape index (κ3) is 1.80. The summed E-state index contributed by atoms with van der Waals surface area (Å²) in [5.74, 6) is 0. The Labute approximate surface area is 77.9 Å². The summed E-state index contributed by atoms with van der Waals surface area (Å²) in [5, 5.41) is 0. The summed E-state index contributed by atoms with van der Waals surface area (Å²) < 4.78 is 8.00. The lowest BCUT2D eigenvalue weighted by Gasteiger charge is -1.84. The van der Waals surface area contributed by atoms with Gasteiger partial charge in [-0.15, -0.1) is 0 Å². The first-order valence-corrected chi connectivity index (χ1v) is 4.14. The molecule has 0 aliphatic rings. The molecule has 4 nitrogen and oxygen atoms in total. The van der Waals surface area contributed by atoms with Crippen molar-refractivity contribution in [2.45, 2.75) is 0 Å². The molecule has 0 fully saturated rings. The monoisotopic (exact) mass is 175 g/mol. The molecular formula is C8H12BN4+2. The summed E-state index contributed by atoms with van der Waals surface area (Å²) in [6.45, 7) is 0. The summed E-state index contributed by atoms with van der Waals surface area (Å²) in [7, 11) is 6.00. The molecule has 2 aromatic rings. The molecule has 0 saturated carbocycles. The normalized spacial score (nSPS) is 10.3. The van der Waals surface area contributed by atoms with E-state index in [2.05, 4.69) is 0 Å². The van der Waals surface area contributed by atoms with E-state index in [0.717, 1.165) is 0 Å². The smallest absolute Gasteiger partial charge is 0.256 e. The number of aryl methyl sites for hydroxylation is 2. The maximum Gasteiger partial charge on any atom is 0.699 e. The Kier molecular flexibility index (Phi) is 1.92. The zero-order valence-corrected chi connectivity index (χ0v) is 7.83. The van der Waals surface area contributed by atoms with Gasteiger partial charge in [0.1, 0.15) is 24.8 Å². The minimum atomic E-state index is 2.00. The summed E-state index contributed by atoms with van der Waals surface area (Å²) in [5.41, 5.74) is 0.